The first-order valence-electron chi connectivity index (χ1n) is 8.57. The topological polar surface area (TPSA) is 73.9 Å². The van der Waals surface area contributed by atoms with Crippen molar-refractivity contribution in [3.8, 4) is 28.4 Å². The van der Waals surface area contributed by atoms with E-state index in [2.05, 4.69) is 15.0 Å². The highest BCUT2D eigenvalue weighted by atomic mass is 35.5. The maximum Gasteiger partial charge on any atom is 0.257 e. The van der Waals surface area contributed by atoms with Crippen LogP contribution in [-0.2, 0) is 0 Å². The first-order valence-corrected chi connectivity index (χ1v) is 8.95. The quantitative estimate of drug-likeness (QED) is 0.543. The number of nitrogen functional groups attached to an aromatic ring is 1. The summed E-state index contributed by atoms with van der Waals surface area (Å²) in [6.07, 6.45) is 1.72. The summed E-state index contributed by atoms with van der Waals surface area (Å²) in [5.41, 5.74) is 9.90. The normalized spacial score (nSPS) is 10.9. The van der Waals surface area contributed by atoms with E-state index in [0.29, 0.717) is 28.9 Å². The van der Waals surface area contributed by atoms with Crippen LogP contribution in [-0.4, -0.2) is 21.6 Å². The Morgan fingerprint density at radius 3 is 2.52 bits per heavy atom. The van der Waals surface area contributed by atoms with Crippen LogP contribution in [0.4, 0.5) is 5.82 Å². The molecule has 4 aromatic rings. The molecule has 27 heavy (non-hydrogen) atoms. The Bertz CT molecular complexity index is 1120. The maximum absolute atomic E-state index is 6.48. The van der Waals surface area contributed by atoms with Crippen molar-refractivity contribution in [2.75, 3.05) is 12.3 Å². The summed E-state index contributed by atoms with van der Waals surface area (Å²) in [4.78, 5) is 13.6. The van der Waals surface area contributed by atoms with Crippen molar-refractivity contribution in [3.05, 3.63) is 65.8 Å². The maximum atomic E-state index is 6.48. The Balaban J connectivity index is 1.99. The molecule has 0 unspecified atom stereocenters. The number of hydrogen-bond acceptors (Lipinski definition) is 5. The molecule has 6 heteroatoms. The van der Waals surface area contributed by atoms with Gasteiger partial charge in [0, 0.05) is 22.7 Å². The first kappa shape index (κ1) is 17.2. The number of benzene rings is 2. The van der Waals surface area contributed by atoms with Crippen LogP contribution in [0.5, 0.6) is 5.88 Å². The molecule has 5 nitrogen and oxygen atoms in total. The van der Waals surface area contributed by atoms with Crippen LogP contribution in [0.15, 0.2) is 60.8 Å². The van der Waals surface area contributed by atoms with Crippen LogP contribution in [0.25, 0.3) is 33.4 Å². The fourth-order valence-electron chi connectivity index (χ4n) is 2.96. The number of ether oxygens (including phenoxy) is 1. The van der Waals surface area contributed by atoms with E-state index in [-0.39, 0.29) is 5.82 Å². The van der Waals surface area contributed by atoms with Crippen molar-refractivity contribution in [2.24, 2.45) is 0 Å². The monoisotopic (exact) mass is 376 g/mol. The van der Waals surface area contributed by atoms with Gasteiger partial charge in [-0.25, -0.2) is 9.97 Å². The van der Waals surface area contributed by atoms with Crippen molar-refractivity contribution in [3.63, 3.8) is 0 Å². The second-order valence-electron chi connectivity index (χ2n) is 5.94. The number of pyridine rings is 1. The van der Waals surface area contributed by atoms with Gasteiger partial charge in [-0.15, -0.1) is 0 Å². The van der Waals surface area contributed by atoms with Gasteiger partial charge in [0.2, 0.25) is 0 Å². The number of nitrogens with two attached hydrogens (primary N) is 1. The molecular weight excluding hydrogens is 360 g/mol. The van der Waals surface area contributed by atoms with Gasteiger partial charge in [0.05, 0.1) is 22.8 Å². The van der Waals surface area contributed by atoms with Gasteiger partial charge in [0.25, 0.3) is 5.88 Å². The smallest absolute Gasteiger partial charge is 0.257 e. The third-order valence-electron chi connectivity index (χ3n) is 4.15. The van der Waals surface area contributed by atoms with Crippen molar-refractivity contribution in [1.82, 2.24) is 15.0 Å². The molecule has 0 fully saturated rings. The highest BCUT2D eigenvalue weighted by Gasteiger charge is 2.17. The molecule has 0 spiro atoms. The molecule has 0 radical (unpaired) electrons. The van der Waals surface area contributed by atoms with E-state index >= 15 is 0 Å². The number of fused-ring (bicyclic) bond motifs is 1. The molecule has 0 saturated carbocycles. The molecule has 0 aliphatic rings. The van der Waals surface area contributed by atoms with Crippen LogP contribution in [0, 0.1) is 0 Å². The minimum atomic E-state index is 0.257. The largest absolute Gasteiger partial charge is 0.475 e. The molecule has 0 aliphatic carbocycles. The van der Waals surface area contributed by atoms with Crippen LogP contribution >= 0.6 is 11.6 Å². The lowest BCUT2D eigenvalue weighted by molar-refractivity contribution is 0.328. The molecule has 4 rings (SSSR count). The molecule has 2 aromatic heterocycles. The van der Waals surface area contributed by atoms with Gasteiger partial charge in [0.1, 0.15) is 5.69 Å². The van der Waals surface area contributed by atoms with E-state index in [9.17, 15) is 0 Å². The summed E-state index contributed by atoms with van der Waals surface area (Å²) in [5, 5.41) is 1.48. The zero-order valence-corrected chi connectivity index (χ0v) is 15.4. The molecule has 0 aliphatic heterocycles. The molecule has 0 amide bonds. The summed E-state index contributed by atoms with van der Waals surface area (Å²) < 4.78 is 5.56. The number of nitrogens with zero attached hydrogens (tertiary/aromatic N) is 3. The SMILES string of the molecule is CCOc1nc(-c2cc(Cl)c3ncccc3c2)c(-c2ccccc2)nc1N. The summed E-state index contributed by atoms with van der Waals surface area (Å²) in [6.45, 7) is 2.33. The van der Waals surface area contributed by atoms with E-state index in [1.807, 2.05) is 61.5 Å². The van der Waals surface area contributed by atoms with E-state index < -0.39 is 0 Å². The van der Waals surface area contributed by atoms with Crippen molar-refractivity contribution in [2.45, 2.75) is 6.92 Å². The van der Waals surface area contributed by atoms with Crippen LogP contribution in [0.1, 0.15) is 6.92 Å². The van der Waals surface area contributed by atoms with E-state index in [4.69, 9.17) is 22.1 Å². The Morgan fingerprint density at radius 1 is 0.963 bits per heavy atom. The third kappa shape index (κ3) is 3.29. The van der Waals surface area contributed by atoms with Crippen molar-refractivity contribution < 1.29 is 4.74 Å². The van der Waals surface area contributed by atoms with E-state index in [1.165, 1.54) is 0 Å². The van der Waals surface area contributed by atoms with Gasteiger partial charge in [-0.05, 0) is 25.1 Å². The lowest BCUT2D eigenvalue weighted by atomic mass is 10.0. The summed E-state index contributed by atoms with van der Waals surface area (Å²) in [7, 11) is 0. The van der Waals surface area contributed by atoms with E-state index in [1.54, 1.807) is 6.20 Å². The van der Waals surface area contributed by atoms with Gasteiger partial charge in [-0.1, -0.05) is 48.0 Å². The van der Waals surface area contributed by atoms with Crippen LogP contribution < -0.4 is 10.5 Å². The van der Waals surface area contributed by atoms with Gasteiger partial charge in [-0.3, -0.25) is 4.98 Å². The predicted octanol–water partition coefficient (Wildman–Crippen LogP) is 4.99. The molecule has 2 N–H and O–H groups in total. The number of hydrogen-bond donors (Lipinski definition) is 1. The summed E-state index contributed by atoms with van der Waals surface area (Å²) in [6, 6.07) is 17.5. The average molecular weight is 377 g/mol. The predicted molar refractivity (Wildman–Crippen MR) is 109 cm³/mol. The molecule has 2 aromatic carbocycles. The third-order valence-corrected chi connectivity index (χ3v) is 4.44. The Morgan fingerprint density at radius 2 is 1.74 bits per heavy atom. The van der Waals surface area contributed by atoms with Crippen molar-refractivity contribution in [1.29, 1.82) is 0 Å². The van der Waals surface area contributed by atoms with Gasteiger partial charge >= 0.3 is 0 Å². The number of rotatable bonds is 4. The highest BCUT2D eigenvalue weighted by Crippen LogP contribution is 2.36. The minimum absolute atomic E-state index is 0.257. The fraction of sp³-hybridized carbons (Fsp3) is 0.0952. The standard InChI is InChI=1S/C21H17ClN4O/c1-2-27-21-20(23)25-18(13-7-4-3-5-8-13)19(26-21)15-11-14-9-6-10-24-17(14)16(22)12-15/h3-12H,2H2,1H3,(H2,23,25). The Labute approximate surface area is 161 Å². The second kappa shape index (κ2) is 7.21. The van der Waals surface area contributed by atoms with Crippen molar-refractivity contribution >= 4 is 28.3 Å². The summed E-state index contributed by atoms with van der Waals surface area (Å²) in [5.74, 6) is 0.572. The van der Waals surface area contributed by atoms with Crippen LogP contribution in [0.3, 0.4) is 0 Å². The molecule has 2 heterocycles. The highest BCUT2D eigenvalue weighted by molar-refractivity contribution is 6.35. The van der Waals surface area contributed by atoms with Gasteiger partial charge < -0.3 is 10.5 Å². The lowest BCUT2D eigenvalue weighted by Crippen LogP contribution is -2.05. The van der Waals surface area contributed by atoms with Gasteiger partial charge in [-0.2, -0.15) is 0 Å². The Hall–Kier alpha value is -3.18. The average Bonchev–Trinajstić information content (AvgIpc) is 2.70. The van der Waals surface area contributed by atoms with E-state index in [0.717, 1.165) is 22.0 Å². The zero-order chi connectivity index (χ0) is 18.8. The lowest BCUT2D eigenvalue weighted by Gasteiger charge is -2.14. The second-order valence-corrected chi connectivity index (χ2v) is 6.35. The molecule has 0 saturated heterocycles. The first-order chi connectivity index (χ1) is 13.2. The fourth-order valence-corrected chi connectivity index (χ4v) is 3.23. The van der Waals surface area contributed by atoms with Crippen LogP contribution in [0.2, 0.25) is 5.02 Å². The summed E-state index contributed by atoms with van der Waals surface area (Å²) >= 11 is 6.48. The number of halogens is 1. The molecule has 134 valence electrons. The molecule has 0 bridgehead atoms. The number of aromatic nitrogens is 3. The zero-order valence-electron chi connectivity index (χ0n) is 14.7. The Kier molecular flexibility index (Phi) is 4.60. The minimum Gasteiger partial charge on any atom is -0.475 e. The molecule has 0 atom stereocenters. The molecular formula is C21H17ClN4O. The number of anilines is 1. The van der Waals surface area contributed by atoms with Gasteiger partial charge in [0.15, 0.2) is 5.82 Å².